The van der Waals surface area contributed by atoms with Crippen molar-refractivity contribution in [2.45, 2.75) is 47.5 Å². The average molecular weight is 310 g/mol. The number of hydrogen-bond acceptors (Lipinski definition) is 2. The Morgan fingerprint density at radius 3 is 2.48 bits per heavy atom. The number of hydrogen-bond donors (Lipinski definition) is 1. The van der Waals surface area contributed by atoms with Crippen molar-refractivity contribution in [2.75, 3.05) is 13.3 Å². The Labute approximate surface area is 131 Å². The predicted molar refractivity (Wildman–Crippen MR) is 96.9 cm³/mol. The van der Waals surface area contributed by atoms with Gasteiger partial charge in [0.05, 0.1) is 0 Å². The van der Waals surface area contributed by atoms with Crippen LogP contribution in [-0.2, 0) is 4.52 Å². The van der Waals surface area contributed by atoms with Gasteiger partial charge < -0.3 is 0 Å². The summed E-state index contributed by atoms with van der Waals surface area (Å²) in [5.74, 6) is 1.68. The van der Waals surface area contributed by atoms with Gasteiger partial charge >= 0.3 is 130 Å². The molecule has 21 heavy (non-hydrogen) atoms. The number of allylic oxidation sites excluding steroid dienone is 7. The molecule has 0 bridgehead atoms. The molecule has 0 aliphatic heterocycles. The van der Waals surface area contributed by atoms with Gasteiger partial charge in [-0.1, -0.05) is 0 Å². The molecule has 0 fully saturated rings. The van der Waals surface area contributed by atoms with Crippen molar-refractivity contribution in [2.24, 2.45) is 0 Å². The van der Waals surface area contributed by atoms with E-state index in [1.165, 1.54) is 11.1 Å². The Balaban J connectivity index is 4.53. The molecule has 2 nitrogen and oxygen atoms in total. The van der Waals surface area contributed by atoms with Crippen LogP contribution in [0.4, 0.5) is 0 Å². The van der Waals surface area contributed by atoms with Crippen LogP contribution < -0.4 is 0 Å². The first kappa shape index (κ1) is 20.1. The van der Waals surface area contributed by atoms with Gasteiger partial charge in [-0.05, 0) is 0 Å². The van der Waals surface area contributed by atoms with Gasteiger partial charge in [0.1, 0.15) is 0 Å². The van der Waals surface area contributed by atoms with Crippen molar-refractivity contribution in [3.63, 3.8) is 0 Å². The zero-order valence-electron chi connectivity index (χ0n) is 14.4. The minimum absolute atomic E-state index is 0.528. The van der Waals surface area contributed by atoms with Crippen molar-refractivity contribution < 1.29 is 9.42 Å². The van der Waals surface area contributed by atoms with Crippen LogP contribution in [0.1, 0.15) is 47.5 Å². The SMILES string of the molecule is CCO[PH](C)(O)C=C=C(C)/C=C/C=C(\C)CCC=C(C)C. The minimum atomic E-state index is -2.67. The summed E-state index contributed by atoms with van der Waals surface area (Å²) < 4.78 is 5.31. The first-order valence-corrected chi connectivity index (χ1v) is 9.98. The molecule has 0 aliphatic carbocycles. The molecule has 0 radical (unpaired) electrons. The summed E-state index contributed by atoms with van der Waals surface area (Å²) in [6.07, 6.45) is 10.6. The first-order valence-electron chi connectivity index (χ1n) is 7.55. The summed E-state index contributed by atoms with van der Waals surface area (Å²) in [5.41, 5.74) is 6.80. The van der Waals surface area contributed by atoms with E-state index in [1.807, 2.05) is 26.0 Å². The normalized spacial score (nSPS) is 13.0. The molecule has 0 saturated heterocycles. The fourth-order valence-corrected chi connectivity index (χ4v) is 2.82. The summed E-state index contributed by atoms with van der Waals surface area (Å²) in [6.45, 7) is 12.5. The Hall–Kier alpha value is -0.910. The van der Waals surface area contributed by atoms with Crippen molar-refractivity contribution in [1.82, 2.24) is 0 Å². The monoisotopic (exact) mass is 310 g/mol. The average Bonchev–Trinajstić information content (AvgIpc) is 2.36. The Kier molecular flexibility index (Phi) is 10.3. The zero-order chi connectivity index (χ0) is 16.3. The van der Waals surface area contributed by atoms with Crippen LogP contribution >= 0.6 is 7.72 Å². The van der Waals surface area contributed by atoms with Gasteiger partial charge in [0.2, 0.25) is 0 Å². The zero-order valence-corrected chi connectivity index (χ0v) is 15.4. The summed E-state index contributed by atoms with van der Waals surface area (Å²) in [5, 5.41) is 0. The first-order chi connectivity index (χ1) is 9.76. The molecule has 0 aromatic rings. The molecule has 0 heterocycles. The van der Waals surface area contributed by atoms with Gasteiger partial charge in [0, 0.05) is 0 Å². The van der Waals surface area contributed by atoms with E-state index in [2.05, 4.69) is 38.7 Å². The van der Waals surface area contributed by atoms with E-state index in [9.17, 15) is 4.89 Å². The second kappa shape index (κ2) is 10.8. The number of rotatable bonds is 8. The van der Waals surface area contributed by atoms with Gasteiger partial charge in [-0.25, -0.2) is 0 Å². The summed E-state index contributed by atoms with van der Waals surface area (Å²) >= 11 is 0. The third-order valence-corrected chi connectivity index (χ3v) is 4.38. The van der Waals surface area contributed by atoms with Gasteiger partial charge in [0.25, 0.3) is 0 Å². The quantitative estimate of drug-likeness (QED) is 0.276. The molecule has 0 amide bonds. The Morgan fingerprint density at radius 1 is 1.24 bits per heavy atom. The second-order valence-electron chi connectivity index (χ2n) is 5.65. The van der Waals surface area contributed by atoms with Crippen molar-refractivity contribution >= 4 is 7.72 Å². The van der Waals surface area contributed by atoms with E-state index in [0.29, 0.717) is 6.61 Å². The van der Waals surface area contributed by atoms with Crippen LogP contribution in [-0.4, -0.2) is 18.2 Å². The van der Waals surface area contributed by atoms with E-state index < -0.39 is 7.72 Å². The van der Waals surface area contributed by atoms with E-state index in [-0.39, 0.29) is 0 Å². The van der Waals surface area contributed by atoms with Crippen LogP contribution in [0.2, 0.25) is 0 Å². The van der Waals surface area contributed by atoms with E-state index in [4.69, 9.17) is 4.52 Å². The van der Waals surface area contributed by atoms with Gasteiger partial charge in [-0.3, -0.25) is 0 Å². The van der Waals surface area contributed by atoms with Crippen molar-refractivity contribution in [3.05, 3.63) is 52.6 Å². The molecule has 0 atom stereocenters. The van der Waals surface area contributed by atoms with Gasteiger partial charge in [0.15, 0.2) is 0 Å². The van der Waals surface area contributed by atoms with Crippen molar-refractivity contribution in [1.29, 1.82) is 0 Å². The van der Waals surface area contributed by atoms with E-state index >= 15 is 0 Å². The molecular formula is C18H31O2P. The summed E-state index contributed by atoms with van der Waals surface area (Å²) in [7, 11) is -2.67. The van der Waals surface area contributed by atoms with Gasteiger partial charge in [-0.15, -0.1) is 0 Å². The molecule has 3 heteroatoms. The van der Waals surface area contributed by atoms with Crippen molar-refractivity contribution in [3.8, 4) is 0 Å². The molecule has 1 N–H and O–H groups in total. The molecule has 0 aliphatic rings. The molecule has 0 aromatic carbocycles. The maximum atomic E-state index is 9.96. The van der Waals surface area contributed by atoms with E-state index in [0.717, 1.165) is 18.4 Å². The fraction of sp³-hybridized carbons (Fsp3) is 0.500. The fourth-order valence-electron chi connectivity index (χ4n) is 1.66. The van der Waals surface area contributed by atoms with Crippen LogP contribution in [0.15, 0.2) is 52.6 Å². The molecular weight excluding hydrogens is 279 g/mol. The van der Waals surface area contributed by atoms with Crippen LogP contribution in [0.5, 0.6) is 0 Å². The van der Waals surface area contributed by atoms with Crippen LogP contribution in [0.25, 0.3) is 0 Å². The third kappa shape index (κ3) is 12.5. The maximum absolute atomic E-state index is 9.96. The molecule has 120 valence electrons. The predicted octanol–water partition coefficient (Wildman–Crippen LogP) is 5.53. The Bertz CT molecular complexity index is 458. The van der Waals surface area contributed by atoms with E-state index in [1.54, 1.807) is 12.5 Å². The summed E-state index contributed by atoms with van der Waals surface area (Å²) in [6, 6.07) is 0. The molecule has 0 saturated carbocycles. The molecule has 0 rings (SSSR count). The summed E-state index contributed by atoms with van der Waals surface area (Å²) in [4.78, 5) is 9.96. The molecule has 0 aromatic heterocycles. The topological polar surface area (TPSA) is 29.5 Å². The molecule has 0 spiro atoms. The van der Waals surface area contributed by atoms with Gasteiger partial charge in [-0.2, -0.15) is 0 Å². The molecule has 0 unspecified atom stereocenters. The Morgan fingerprint density at radius 2 is 1.90 bits per heavy atom. The second-order valence-corrected chi connectivity index (χ2v) is 8.34. The third-order valence-electron chi connectivity index (χ3n) is 2.82. The standard InChI is InChI=1S/C18H31O2P/c1-7-20-21(6,19)15-14-18(5)13-9-12-17(4)11-8-10-16(2)3/h9-10,12-13,15,19,21H,7-8,11H2,1-6H3/b13-9+,17-12+. The van der Waals surface area contributed by atoms with Crippen LogP contribution in [0, 0.1) is 0 Å². The van der Waals surface area contributed by atoms with Crippen LogP contribution in [0.3, 0.4) is 0 Å².